The minimum absolute atomic E-state index is 0.298. The van der Waals surface area contributed by atoms with E-state index in [1.54, 1.807) is 6.92 Å². The zero-order valence-electron chi connectivity index (χ0n) is 9.19. The summed E-state index contributed by atoms with van der Waals surface area (Å²) in [4.78, 5) is 23.5. The Kier molecular flexibility index (Phi) is 4.85. The van der Waals surface area contributed by atoms with Crippen molar-refractivity contribution in [3.8, 4) is 0 Å². The molecule has 0 aliphatic rings. The van der Waals surface area contributed by atoms with E-state index in [1.807, 2.05) is 30.3 Å². The Balaban J connectivity index is 2.49. The highest BCUT2D eigenvalue weighted by molar-refractivity contribution is 8.00. The minimum atomic E-state index is -0.481. The summed E-state index contributed by atoms with van der Waals surface area (Å²) in [5.41, 5.74) is 0. The molecule has 0 saturated heterocycles. The maximum atomic E-state index is 11.5. The SMILES string of the molecule is CNC(=O)NC(=O)C(C)Sc1ccccc1. The van der Waals surface area contributed by atoms with Crippen molar-refractivity contribution in [1.82, 2.24) is 10.6 Å². The zero-order chi connectivity index (χ0) is 12.0. The predicted molar refractivity (Wildman–Crippen MR) is 64.4 cm³/mol. The third-order valence-electron chi connectivity index (χ3n) is 1.89. The highest BCUT2D eigenvalue weighted by atomic mass is 32.2. The third-order valence-corrected chi connectivity index (χ3v) is 3.00. The zero-order valence-corrected chi connectivity index (χ0v) is 10.0. The molecule has 0 aliphatic carbocycles. The lowest BCUT2D eigenvalue weighted by atomic mass is 10.4. The van der Waals surface area contributed by atoms with Crippen molar-refractivity contribution in [3.05, 3.63) is 30.3 Å². The number of nitrogens with one attached hydrogen (secondary N) is 2. The van der Waals surface area contributed by atoms with Gasteiger partial charge < -0.3 is 5.32 Å². The molecule has 1 rings (SSSR count). The summed E-state index contributed by atoms with van der Waals surface area (Å²) in [6.45, 7) is 1.76. The molecule has 0 radical (unpaired) electrons. The summed E-state index contributed by atoms with van der Waals surface area (Å²) < 4.78 is 0. The van der Waals surface area contributed by atoms with Gasteiger partial charge in [0.05, 0.1) is 5.25 Å². The fraction of sp³-hybridized carbons (Fsp3) is 0.273. The number of thioether (sulfide) groups is 1. The number of carbonyl (C=O) groups excluding carboxylic acids is 2. The van der Waals surface area contributed by atoms with Crippen LogP contribution < -0.4 is 10.6 Å². The molecule has 0 aliphatic heterocycles. The summed E-state index contributed by atoms with van der Waals surface area (Å²) in [6, 6.07) is 9.10. The molecule has 0 bridgehead atoms. The third kappa shape index (κ3) is 3.94. The summed E-state index contributed by atoms with van der Waals surface area (Å²) in [7, 11) is 1.47. The largest absolute Gasteiger partial charge is 0.341 e. The second-order valence-electron chi connectivity index (χ2n) is 3.14. The van der Waals surface area contributed by atoms with Crippen molar-refractivity contribution in [2.75, 3.05) is 7.05 Å². The number of imide groups is 1. The van der Waals surface area contributed by atoms with E-state index < -0.39 is 6.03 Å². The fourth-order valence-corrected chi connectivity index (χ4v) is 1.92. The van der Waals surface area contributed by atoms with Gasteiger partial charge in [0.15, 0.2) is 0 Å². The van der Waals surface area contributed by atoms with Gasteiger partial charge in [0.2, 0.25) is 5.91 Å². The van der Waals surface area contributed by atoms with E-state index in [-0.39, 0.29) is 11.2 Å². The van der Waals surface area contributed by atoms with Gasteiger partial charge in [-0.2, -0.15) is 0 Å². The number of benzene rings is 1. The number of hydrogen-bond acceptors (Lipinski definition) is 3. The van der Waals surface area contributed by atoms with Crippen LogP contribution in [0.25, 0.3) is 0 Å². The molecule has 0 aromatic heterocycles. The van der Waals surface area contributed by atoms with Gasteiger partial charge in [0.1, 0.15) is 0 Å². The molecule has 16 heavy (non-hydrogen) atoms. The van der Waals surface area contributed by atoms with Crippen LogP contribution in [0.2, 0.25) is 0 Å². The average molecular weight is 238 g/mol. The normalized spacial score (nSPS) is 11.6. The van der Waals surface area contributed by atoms with Crippen molar-refractivity contribution < 1.29 is 9.59 Å². The molecule has 0 spiro atoms. The molecule has 4 nitrogen and oxygen atoms in total. The minimum Gasteiger partial charge on any atom is -0.341 e. The van der Waals surface area contributed by atoms with Crippen molar-refractivity contribution in [1.29, 1.82) is 0 Å². The maximum absolute atomic E-state index is 11.5. The van der Waals surface area contributed by atoms with Crippen molar-refractivity contribution in [3.63, 3.8) is 0 Å². The molecule has 0 saturated carbocycles. The van der Waals surface area contributed by atoms with Crippen LogP contribution in [0, 0.1) is 0 Å². The van der Waals surface area contributed by atoms with E-state index in [0.29, 0.717) is 0 Å². The summed E-state index contributed by atoms with van der Waals surface area (Å²) in [5.74, 6) is -0.298. The first-order valence-corrected chi connectivity index (χ1v) is 5.75. The number of carbonyl (C=O) groups is 2. The van der Waals surface area contributed by atoms with Crippen LogP contribution in [0.3, 0.4) is 0 Å². The topological polar surface area (TPSA) is 58.2 Å². The molecule has 1 unspecified atom stereocenters. The van der Waals surface area contributed by atoms with Crippen molar-refractivity contribution in [2.24, 2.45) is 0 Å². The van der Waals surface area contributed by atoms with Crippen LogP contribution in [0.1, 0.15) is 6.92 Å². The van der Waals surface area contributed by atoms with E-state index >= 15 is 0 Å². The van der Waals surface area contributed by atoms with Gasteiger partial charge in [-0.3, -0.25) is 10.1 Å². The first-order chi connectivity index (χ1) is 7.63. The molecule has 0 fully saturated rings. The second kappa shape index (κ2) is 6.17. The Hall–Kier alpha value is -1.49. The average Bonchev–Trinajstić information content (AvgIpc) is 2.30. The van der Waals surface area contributed by atoms with Crippen LogP contribution in [-0.4, -0.2) is 24.2 Å². The molecule has 1 aromatic rings. The molecule has 1 aromatic carbocycles. The number of rotatable bonds is 3. The van der Waals surface area contributed by atoms with Crippen LogP contribution in [0.15, 0.2) is 35.2 Å². The molecule has 2 N–H and O–H groups in total. The monoisotopic (exact) mass is 238 g/mol. The van der Waals surface area contributed by atoms with Crippen LogP contribution >= 0.6 is 11.8 Å². The van der Waals surface area contributed by atoms with Gasteiger partial charge in [-0.1, -0.05) is 18.2 Å². The summed E-state index contributed by atoms with van der Waals surface area (Å²) >= 11 is 1.41. The predicted octanol–water partition coefficient (Wildman–Crippen LogP) is 1.62. The number of hydrogen-bond donors (Lipinski definition) is 2. The highest BCUT2D eigenvalue weighted by Crippen LogP contribution is 2.22. The van der Waals surface area contributed by atoms with Crippen LogP contribution in [0.5, 0.6) is 0 Å². The molecule has 5 heteroatoms. The van der Waals surface area contributed by atoms with Gasteiger partial charge in [0, 0.05) is 11.9 Å². The molecular formula is C11H14N2O2S. The Morgan fingerprint density at radius 2 is 1.88 bits per heavy atom. The standard InChI is InChI=1S/C11H14N2O2S/c1-8(10(14)13-11(15)12-2)16-9-6-4-3-5-7-9/h3-8H,1-2H3,(H2,12,13,14,15). The van der Waals surface area contributed by atoms with Gasteiger partial charge in [-0.05, 0) is 19.1 Å². The molecule has 86 valence electrons. The van der Waals surface area contributed by atoms with Crippen molar-refractivity contribution in [2.45, 2.75) is 17.1 Å². The smallest absolute Gasteiger partial charge is 0.321 e. The van der Waals surface area contributed by atoms with Crippen LogP contribution in [-0.2, 0) is 4.79 Å². The Morgan fingerprint density at radius 1 is 1.25 bits per heavy atom. The molecule has 3 amide bonds. The summed E-state index contributed by atoms with van der Waals surface area (Å²) in [5, 5.41) is 4.27. The van der Waals surface area contributed by atoms with E-state index in [4.69, 9.17) is 0 Å². The molecule has 1 atom stereocenters. The first kappa shape index (κ1) is 12.6. The highest BCUT2D eigenvalue weighted by Gasteiger charge is 2.15. The Bertz CT molecular complexity index is 368. The lowest BCUT2D eigenvalue weighted by Crippen LogP contribution is -2.41. The van der Waals surface area contributed by atoms with Gasteiger partial charge >= 0.3 is 6.03 Å². The second-order valence-corrected chi connectivity index (χ2v) is 4.56. The Labute approximate surface area is 98.8 Å². The summed E-state index contributed by atoms with van der Waals surface area (Å²) in [6.07, 6.45) is 0. The van der Waals surface area contributed by atoms with Gasteiger partial charge in [0.25, 0.3) is 0 Å². The number of amides is 3. The quantitative estimate of drug-likeness (QED) is 0.787. The van der Waals surface area contributed by atoms with E-state index in [2.05, 4.69) is 10.6 Å². The molecule has 0 heterocycles. The number of urea groups is 1. The fourth-order valence-electron chi connectivity index (χ4n) is 1.03. The van der Waals surface area contributed by atoms with Crippen LogP contribution in [0.4, 0.5) is 4.79 Å². The van der Waals surface area contributed by atoms with E-state index in [0.717, 1.165) is 4.90 Å². The lowest BCUT2D eigenvalue weighted by Gasteiger charge is -2.10. The lowest BCUT2D eigenvalue weighted by molar-refractivity contribution is -0.119. The van der Waals surface area contributed by atoms with Crippen molar-refractivity contribution >= 4 is 23.7 Å². The molecular weight excluding hydrogens is 224 g/mol. The first-order valence-electron chi connectivity index (χ1n) is 4.87. The van der Waals surface area contributed by atoms with Gasteiger partial charge in [-0.25, -0.2) is 4.79 Å². The van der Waals surface area contributed by atoms with Gasteiger partial charge in [-0.15, -0.1) is 11.8 Å². The maximum Gasteiger partial charge on any atom is 0.321 e. The van der Waals surface area contributed by atoms with E-state index in [9.17, 15) is 9.59 Å². The van der Waals surface area contributed by atoms with E-state index in [1.165, 1.54) is 18.8 Å². The Morgan fingerprint density at radius 3 is 2.44 bits per heavy atom.